The van der Waals surface area contributed by atoms with Gasteiger partial charge in [-0.15, -0.1) is 0 Å². The summed E-state index contributed by atoms with van der Waals surface area (Å²) in [7, 11) is 0. The third-order valence-electron chi connectivity index (χ3n) is 4.77. The van der Waals surface area contributed by atoms with Crippen LogP contribution in [0.25, 0.3) is 0 Å². The summed E-state index contributed by atoms with van der Waals surface area (Å²) in [5.74, 6) is 0.732. The van der Waals surface area contributed by atoms with Gasteiger partial charge in [-0.2, -0.15) is 0 Å². The molecule has 1 aliphatic rings. The summed E-state index contributed by atoms with van der Waals surface area (Å²) in [6.07, 6.45) is 0. The fourth-order valence-electron chi connectivity index (χ4n) is 3.12. The molecule has 0 radical (unpaired) electrons. The molecule has 3 aromatic rings. The number of carbonyl (C=O) groups is 3. The molecule has 168 valence electrons. The third-order valence-corrected chi connectivity index (χ3v) is 4.77. The van der Waals surface area contributed by atoms with E-state index in [4.69, 9.17) is 9.47 Å². The Balaban J connectivity index is 1.21. The Labute approximate surface area is 190 Å². The molecule has 0 fully saturated rings. The highest BCUT2D eigenvalue weighted by molar-refractivity contribution is 6.00. The van der Waals surface area contributed by atoms with Gasteiger partial charge < -0.3 is 30.7 Å². The number of benzene rings is 3. The largest absolute Gasteiger partial charge is 0.454 e. The second kappa shape index (κ2) is 10.2. The van der Waals surface area contributed by atoms with Crippen molar-refractivity contribution in [2.75, 3.05) is 30.5 Å². The second-order valence-electron chi connectivity index (χ2n) is 7.10. The molecule has 0 aliphatic carbocycles. The fourth-order valence-corrected chi connectivity index (χ4v) is 3.12. The zero-order valence-corrected chi connectivity index (χ0v) is 17.6. The smallest absolute Gasteiger partial charge is 0.323 e. The number of fused-ring (bicyclic) bond motifs is 1. The van der Waals surface area contributed by atoms with Crippen LogP contribution in [0.15, 0.2) is 72.8 Å². The minimum atomic E-state index is -0.430. The number of hydrogen-bond donors (Lipinski definition) is 4. The topological polar surface area (TPSA) is 118 Å². The highest BCUT2D eigenvalue weighted by Gasteiger charge is 2.14. The van der Waals surface area contributed by atoms with Crippen molar-refractivity contribution >= 4 is 29.2 Å². The number of hydrogen-bond acceptors (Lipinski definition) is 5. The second-order valence-corrected chi connectivity index (χ2v) is 7.10. The van der Waals surface area contributed by atoms with Crippen LogP contribution in [0.2, 0.25) is 0 Å². The summed E-state index contributed by atoms with van der Waals surface area (Å²) in [4.78, 5) is 36.5. The fraction of sp³-hybridized carbons (Fsp3) is 0.125. The Morgan fingerprint density at radius 3 is 1.94 bits per heavy atom. The van der Waals surface area contributed by atoms with Crippen molar-refractivity contribution in [3.05, 3.63) is 83.9 Å². The van der Waals surface area contributed by atoms with Crippen molar-refractivity contribution in [1.82, 2.24) is 10.6 Å². The number of nitrogens with one attached hydrogen (secondary N) is 4. The molecule has 9 nitrogen and oxygen atoms in total. The van der Waals surface area contributed by atoms with Gasteiger partial charge in [0.25, 0.3) is 11.8 Å². The standard InChI is InChI=1S/C24H22N4O5/c29-22(16-4-2-1-3-5-16)25-12-13-26-23(30)17-6-8-18(9-7-17)27-24(31)28-19-10-11-20-21(14-19)33-15-32-20/h1-11,14H,12-13,15H2,(H,25,29)(H,26,30)(H2,27,28,31). The number of urea groups is 1. The molecule has 4 N–H and O–H groups in total. The Morgan fingerprint density at radius 1 is 0.667 bits per heavy atom. The quantitative estimate of drug-likeness (QED) is 0.416. The maximum Gasteiger partial charge on any atom is 0.323 e. The maximum absolute atomic E-state index is 12.3. The summed E-state index contributed by atoms with van der Waals surface area (Å²) in [6, 6.07) is 20.0. The molecule has 9 heteroatoms. The Bertz CT molecular complexity index is 1150. The molecule has 3 aromatic carbocycles. The molecular weight excluding hydrogens is 424 g/mol. The monoisotopic (exact) mass is 446 g/mol. The Kier molecular flexibility index (Phi) is 6.70. The van der Waals surface area contributed by atoms with Crippen LogP contribution in [0.4, 0.5) is 16.2 Å². The van der Waals surface area contributed by atoms with Crippen molar-refractivity contribution in [2.45, 2.75) is 0 Å². The molecule has 1 aliphatic heterocycles. The van der Waals surface area contributed by atoms with Gasteiger partial charge in [-0.25, -0.2) is 4.79 Å². The average Bonchev–Trinajstić information content (AvgIpc) is 3.30. The van der Waals surface area contributed by atoms with Crippen molar-refractivity contribution in [2.24, 2.45) is 0 Å². The van der Waals surface area contributed by atoms with Crippen LogP contribution in [0.1, 0.15) is 20.7 Å². The van der Waals surface area contributed by atoms with Crippen molar-refractivity contribution in [3.8, 4) is 11.5 Å². The first-order chi connectivity index (χ1) is 16.1. The van der Waals surface area contributed by atoms with E-state index < -0.39 is 6.03 Å². The molecule has 0 aromatic heterocycles. The van der Waals surface area contributed by atoms with Crippen LogP contribution < -0.4 is 30.7 Å². The number of ether oxygens (including phenoxy) is 2. The van der Waals surface area contributed by atoms with Crippen molar-refractivity contribution in [1.29, 1.82) is 0 Å². The zero-order chi connectivity index (χ0) is 23.0. The van der Waals surface area contributed by atoms with Gasteiger partial charge in [0.05, 0.1) is 0 Å². The molecule has 4 rings (SSSR count). The highest BCUT2D eigenvalue weighted by atomic mass is 16.7. The SMILES string of the molecule is O=C(Nc1ccc(C(=O)NCCNC(=O)c2ccccc2)cc1)Nc1ccc2c(c1)OCO2. The normalized spacial score (nSPS) is 11.4. The van der Waals surface area contributed by atoms with E-state index >= 15 is 0 Å². The predicted octanol–water partition coefficient (Wildman–Crippen LogP) is 3.22. The maximum atomic E-state index is 12.3. The van der Waals surface area contributed by atoms with Gasteiger partial charge in [0.1, 0.15) is 0 Å². The van der Waals surface area contributed by atoms with Gasteiger partial charge in [-0.05, 0) is 48.5 Å². The van der Waals surface area contributed by atoms with Crippen LogP contribution in [-0.2, 0) is 0 Å². The molecule has 0 unspecified atom stereocenters. The molecule has 0 saturated heterocycles. The van der Waals surface area contributed by atoms with Gasteiger partial charge >= 0.3 is 6.03 Å². The first kappa shape index (κ1) is 21.7. The lowest BCUT2D eigenvalue weighted by Crippen LogP contribution is -2.34. The predicted molar refractivity (Wildman–Crippen MR) is 123 cm³/mol. The lowest BCUT2D eigenvalue weighted by Gasteiger charge is -2.10. The van der Waals surface area contributed by atoms with Crippen molar-refractivity contribution < 1.29 is 23.9 Å². The lowest BCUT2D eigenvalue weighted by atomic mass is 10.2. The lowest BCUT2D eigenvalue weighted by molar-refractivity contribution is 0.0927. The number of rotatable bonds is 7. The zero-order valence-electron chi connectivity index (χ0n) is 17.6. The van der Waals surface area contributed by atoms with Gasteiger partial charge in [0, 0.05) is 41.7 Å². The molecule has 0 atom stereocenters. The summed E-state index contributed by atoms with van der Waals surface area (Å²) >= 11 is 0. The summed E-state index contributed by atoms with van der Waals surface area (Å²) in [5, 5.41) is 10.9. The number of anilines is 2. The molecule has 0 bridgehead atoms. The minimum Gasteiger partial charge on any atom is -0.454 e. The molecular formula is C24H22N4O5. The molecule has 0 saturated carbocycles. The van der Waals surface area contributed by atoms with E-state index in [9.17, 15) is 14.4 Å². The van der Waals surface area contributed by atoms with Crippen LogP contribution in [0.5, 0.6) is 11.5 Å². The van der Waals surface area contributed by atoms with Crippen LogP contribution in [-0.4, -0.2) is 37.7 Å². The molecule has 33 heavy (non-hydrogen) atoms. The first-order valence-electron chi connectivity index (χ1n) is 10.3. The van der Waals surface area contributed by atoms with Gasteiger partial charge in [-0.3, -0.25) is 9.59 Å². The van der Waals surface area contributed by atoms with Crippen LogP contribution >= 0.6 is 0 Å². The van der Waals surface area contributed by atoms with E-state index in [1.165, 1.54) is 0 Å². The van der Waals surface area contributed by atoms with Gasteiger partial charge in [0.2, 0.25) is 6.79 Å². The summed E-state index contributed by atoms with van der Waals surface area (Å²) in [5.41, 5.74) is 2.09. The average molecular weight is 446 g/mol. The van der Waals surface area contributed by atoms with Gasteiger partial charge in [-0.1, -0.05) is 18.2 Å². The molecule has 0 spiro atoms. The first-order valence-corrected chi connectivity index (χ1v) is 10.3. The summed E-state index contributed by atoms with van der Waals surface area (Å²) in [6.45, 7) is 0.752. The van der Waals surface area contributed by atoms with Crippen molar-refractivity contribution in [3.63, 3.8) is 0 Å². The van der Waals surface area contributed by atoms with E-state index in [1.807, 2.05) is 6.07 Å². The van der Waals surface area contributed by atoms with Crippen LogP contribution in [0.3, 0.4) is 0 Å². The van der Waals surface area contributed by atoms with E-state index in [0.29, 0.717) is 40.5 Å². The van der Waals surface area contributed by atoms with Gasteiger partial charge in [0.15, 0.2) is 11.5 Å². The minimum absolute atomic E-state index is 0.160. The van der Waals surface area contributed by atoms with E-state index in [1.54, 1.807) is 66.7 Å². The van der Waals surface area contributed by atoms with E-state index in [-0.39, 0.29) is 25.2 Å². The highest BCUT2D eigenvalue weighted by Crippen LogP contribution is 2.34. The number of amides is 4. The Morgan fingerprint density at radius 2 is 1.24 bits per heavy atom. The summed E-state index contributed by atoms with van der Waals surface area (Å²) < 4.78 is 10.5. The van der Waals surface area contributed by atoms with Crippen LogP contribution in [0, 0.1) is 0 Å². The number of carbonyl (C=O) groups excluding carboxylic acids is 3. The van der Waals surface area contributed by atoms with E-state index in [0.717, 1.165) is 0 Å². The van der Waals surface area contributed by atoms with E-state index in [2.05, 4.69) is 21.3 Å². The molecule has 1 heterocycles. The molecule has 4 amide bonds. The third kappa shape index (κ3) is 5.79. The Hall–Kier alpha value is -4.53.